The van der Waals surface area contributed by atoms with E-state index in [-0.39, 0.29) is 11.9 Å². The van der Waals surface area contributed by atoms with Gasteiger partial charge in [-0.3, -0.25) is 4.79 Å². The van der Waals surface area contributed by atoms with Gasteiger partial charge in [-0.25, -0.2) is 0 Å². The summed E-state index contributed by atoms with van der Waals surface area (Å²) in [6.07, 6.45) is 9.47. The third kappa shape index (κ3) is 3.32. The Morgan fingerprint density at radius 2 is 2.00 bits per heavy atom. The Morgan fingerprint density at radius 3 is 2.59 bits per heavy atom. The first-order chi connectivity index (χ1) is 8.22. The van der Waals surface area contributed by atoms with Gasteiger partial charge in [-0.2, -0.15) is 0 Å². The van der Waals surface area contributed by atoms with Crippen LogP contribution in [0, 0.1) is 5.92 Å². The van der Waals surface area contributed by atoms with Crippen LogP contribution in [0.5, 0.6) is 0 Å². The average molecular weight is 236 g/mol. The van der Waals surface area contributed by atoms with Crippen LogP contribution < -0.4 is 5.73 Å². The van der Waals surface area contributed by atoms with E-state index in [1.165, 1.54) is 12.8 Å². The summed E-state index contributed by atoms with van der Waals surface area (Å²) in [4.78, 5) is 14.2. The summed E-state index contributed by atoms with van der Waals surface area (Å²) < 4.78 is 0. The molecule has 0 aromatic heterocycles. The largest absolute Gasteiger partial charge is 0.336 e. The molecule has 96 valence electrons. The van der Waals surface area contributed by atoms with Gasteiger partial charge in [0.2, 0.25) is 5.91 Å². The SMILES string of the molecule is C=CCN(C(=O)CC1CCCCC1N)C1CC1. The standard InChI is InChI=1S/C14H24N2O/c1-2-9-16(12-7-8-12)14(17)10-11-5-3-4-6-13(11)15/h2,11-13H,1,3-10,15H2. The van der Waals surface area contributed by atoms with Crippen LogP contribution in [-0.4, -0.2) is 29.4 Å². The Bertz CT molecular complexity index is 286. The van der Waals surface area contributed by atoms with Crippen LogP contribution in [0.25, 0.3) is 0 Å². The maximum Gasteiger partial charge on any atom is 0.223 e. The van der Waals surface area contributed by atoms with Gasteiger partial charge in [-0.1, -0.05) is 18.9 Å². The number of nitrogens with two attached hydrogens (primary N) is 1. The van der Waals surface area contributed by atoms with Gasteiger partial charge in [0, 0.05) is 25.0 Å². The summed E-state index contributed by atoms with van der Waals surface area (Å²) in [6, 6.07) is 0.720. The topological polar surface area (TPSA) is 46.3 Å². The van der Waals surface area contributed by atoms with E-state index in [1.807, 2.05) is 11.0 Å². The minimum absolute atomic E-state index is 0.234. The highest BCUT2D eigenvalue weighted by molar-refractivity contribution is 5.77. The Balaban J connectivity index is 1.87. The van der Waals surface area contributed by atoms with Crippen LogP contribution in [0.15, 0.2) is 12.7 Å². The average Bonchev–Trinajstić information content (AvgIpc) is 3.13. The summed E-state index contributed by atoms with van der Waals surface area (Å²) in [5.41, 5.74) is 6.10. The van der Waals surface area contributed by atoms with Crippen LogP contribution in [-0.2, 0) is 4.79 Å². The van der Waals surface area contributed by atoms with E-state index < -0.39 is 0 Å². The zero-order valence-corrected chi connectivity index (χ0v) is 10.6. The molecule has 0 spiro atoms. The second-order valence-corrected chi connectivity index (χ2v) is 5.48. The fourth-order valence-electron chi connectivity index (χ4n) is 2.81. The maximum absolute atomic E-state index is 12.3. The molecule has 2 fully saturated rings. The van der Waals surface area contributed by atoms with Crippen molar-refractivity contribution in [2.45, 2.75) is 57.0 Å². The molecule has 2 saturated carbocycles. The zero-order valence-electron chi connectivity index (χ0n) is 10.6. The first kappa shape index (κ1) is 12.6. The van der Waals surface area contributed by atoms with E-state index in [2.05, 4.69) is 6.58 Å². The number of amides is 1. The molecule has 2 rings (SSSR count). The molecule has 2 aliphatic rings. The normalized spacial score (nSPS) is 28.8. The van der Waals surface area contributed by atoms with Gasteiger partial charge < -0.3 is 10.6 Å². The second kappa shape index (κ2) is 5.67. The fourth-order valence-corrected chi connectivity index (χ4v) is 2.81. The predicted octanol–water partition coefficient (Wildman–Crippen LogP) is 2.07. The quantitative estimate of drug-likeness (QED) is 0.743. The van der Waals surface area contributed by atoms with Crippen LogP contribution in [0.1, 0.15) is 44.9 Å². The number of hydrogen-bond acceptors (Lipinski definition) is 2. The van der Waals surface area contributed by atoms with Crippen molar-refractivity contribution >= 4 is 5.91 Å². The molecule has 0 heterocycles. The monoisotopic (exact) mass is 236 g/mol. The van der Waals surface area contributed by atoms with Gasteiger partial charge in [0.15, 0.2) is 0 Å². The molecule has 0 bridgehead atoms. The molecule has 2 atom stereocenters. The zero-order chi connectivity index (χ0) is 12.3. The van der Waals surface area contributed by atoms with Crippen molar-refractivity contribution in [3.05, 3.63) is 12.7 Å². The second-order valence-electron chi connectivity index (χ2n) is 5.48. The van der Waals surface area contributed by atoms with E-state index in [0.29, 0.717) is 24.9 Å². The van der Waals surface area contributed by atoms with Gasteiger partial charge in [-0.05, 0) is 31.6 Å². The molecule has 2 aliphatic carbocycles. The molecular formula is C14H24N2O. The van der Waals surface area contributed by atoms with E-state index >= 15 is 0 Å². The molecule has 2 unspecified atom stereocenters. The summed E-state index contributed by atoms with van der Waals surface area (Å²) in [5.74, 6) is 0.692. The summed E-state index contributed by atoms with van der Waals surface area (Å²) in [7, 11) is 0. The van der Waals surface area contributed by atoms with Crippen molar-refractivity contribution in [1.82, 2.24) is 4.90 Å². The van der Waals surface area contributed by atoms with Gasteiger partial charge in [0.1, 0.15) is 0 Å². The molecule has 0 aromatic rings. The van der Waals surface area contributed by atoms with Crippen molar-refractivity contribution in [1.29, 1.82) is 0 Å². The third-order valence-electron chi connectivity index (χ3n) is 4.04. The highest BCUT2D eigenvalue weighted by Crippen LogP contribution is 2.30. The minimum Gasteiger partial charge on any atom is -0.336 e. The summed E-state index contributed by atoms with van der Waals surface area (Å²) in [6.45, 7) is 4.44. The summed E-state index contributed by atoms with van der Waals surface area (Å²) >= 11 is 0. The van der Waals surface area contributed by atoms with Crippen molar-refractivity contribution in [3.63, 3.8) is 0 Å². The molecule has 3 heteroatoms. The third-order valence-corrected chi connectivity index (χ3v) is 4.04. The van der Waals surface area contributed by atoms with Crippen LogP contribution >= 0.6 is 0 Å². The van der Waals surface area contributed by atoms with Crippen LogP contribution in [0.3, 0.4) is 0 Å². The molecule has 0 aromatic carbocycles. The number of nitrogens with zero attached hydrogens (tertiary/aromatic N) is 1. The Hall–Kier alpha value is -0.830. The van der Waals surface area contributed by atoms with E-state index in [0.717, 1.165) is 25.7 Å². The van der Waals surface area contributed by atoms with Crippen molar-refractivity contribution < 1.29 is 4.79 Å². The van der Waals surface area contributed by atoms with E-state index in [1.54, 1.807) is 0 Å². The van der Waals surface area contributed by atoms with Gasteiger partial charge in [0.05, 0.1) is 0 Å². The number of carbonyl (C=O) groups is 1. The Kier molecular flexibility index (Phi) is 4.21. The summed E-state index contributed by atoms with van der Waals surface area (Å²) in [5, 5.41) is 0. The molecule has 3 nitrogen and oxygen atoms in total. The van der Waals surface area contributed by atoms with Gasteiger partial charge in [0.25, 0.3) is 0 Å². The molecule has 0 aliphatic heterocycles. The first-order valence-electron chi connectivity index (χ1n) is 6.88. The Morgan fingerprint density at radius 1 is 1.29 bits per heavy atom. The van der Waals surface area contributed by atoms with Crippen LogP contribution in [0.2, 0.25) is 0 Å². The van der Waals surface area contributed by atoms with Crippen molar-refractivity contribution in [2.24, 2.45) is 11.7 Å². The van der Waals surface area contributed by atoms with Gasteiger partial charge in [-0.15, -0.1) is 6.58 Å². The van der Waals surface area contributed by atoms with E-state index in [9.17, 15) is 4.79 Å². The lowest BCUT2D eigenvalue weighted by Crippen LogP contribution is -2.39. The molecular weight excluding hydrogens is 212 g/mol. The molecule has 0 radical (unpaired) electrons. The predicted molar refractivity (Wildman–Crippen MR) is 69.5 cm³/mol. The van der Waals surface area contributed by atoms with Crippen molar-refractivity contribution in [2.75, 3.05) is 6.54 Å². The molecule has 1 amide bonds. The lowest BCUT2D eigenvalue weighted by molar-refractivity contribution is -0.132. The number of hydrogen-bond donors (Lipinski definition) is 1. The highest BCUT2D eigenvalue weighted by Gasteiger charge is 2.33. The lowest BCUT2D eigenvalue weighted by Gasteiger charge is -2.30. The van der Waals surface area contributed by atoms with E-state index in [4.69, 9.17) is 5.73 Å². The number of rotatable bonds is 5. The smallest absolute Gasteiger partial charge is 0.223 e. The van der Waals surface area contributed by atoms with Gasteiger partial charge >= 0.3 is 0 Å². The molecule has 0 saturated heterocycles. The maximum atomic E-state index is 12.3. The Labute approximate surface area is 104 Å². The fraction of sp³-hybridized carbons (Fsp3) is 0.786. The van der Waals surface area contributed by atoms with Crippen molar-refractivity contribution in [3.8, 4) is 0 Å². The number of carbonyl (C=O) groups excluding carboxylic acids is 1. The highest BCUT2D eigenvalue weighted by atomic mass is 16.2. The minimum atomic E-state index is 0.234. The van der Waals surface area contributed by atoms with Crippen LogP contribution in [0.4, 0.5) is 0 Å². The first-order valence-corrected chi connectivity index (χ1v) is 6.88. The molecule has 17 heavy (non-hydrogen) atoms. The lowest BCUT2D eigenvalue weighted by atomic mass is 9.82. The molecule has 2 N–H and O–H groups in total.